The molecule has 0 spiro atoms. The Morgan fingerprint density at radius 1 is 1.10 bits per heavy atom. The summed E-state index contributed by atoms with van der Waals surface area (Å²) in [6.07, 6.45) is 0. The lowest BCUT2D eigenvalue weighted by Crippen LogP contribution is -2.30. The summed E-state index contributed by atoms with van der Waals surface area (Å²) in [6, 6.07) is 10.8. The van der Waals surface area contributed by atoms with Crippen LogP contribution in [-0.2, 0) is 10.0 Å². The maximum atomic E-state index is 12.6. The molecule has 0 bridgehead atoms. The predicted octanol–water partition coefficient (Wildman–Crippen LogP) is 3.81. The van der Waals surface area contributed by atoms with Gasteiger partial charge in [-0.05, 0) is 62.7 Å². The van der Waals surface area contributed by atoms with Crippen LogP contribution in [0.15, 0.2) is 53.4 Å². The Hall–Kier alpha value is -2.52. The molecule has 6 nitrogen and oxygen atoms in total. The number of carbonyl (C=O) groups is 1. The van der Waals surface area contributed by atoms with Gasteiger partial charge in [-0.1, -0.05) is 12.1 Å². The number of amides is 1. The van der Waals surface area contributed by atoms with E-state index in [4.69, 9.17) is 0 Å². The summed E-state index contributed by atoms with van der Waals surface area (Å²) in [5, 5.41) is 0. The molecule has 1 unspecified atom stereocenters. The average molecular weight is 426 g/mol. The number of rotatable bonds is 9. The number of ether oxygens (including phenoxy) is 1. The minimum Gasteiger partial charge on any atom is -0.435 e. The first kappa shape index (κ1) is 22.8. The monoisotopic (exact) mass is 426 g/mol. The second kappa shape index (κ2) is 9.80. The van der Waals surface area contributed by atoms with Crippen LogP contribution in [0.4, 0.5) is 8.78 Å². The third-order valence-corrected chi connectivity index (χ3v) is 5.93. The normalized spacial score (nSPS) is 12.6. The largest absolute Gasteiger partial charge is 0.435 e. The van der Waals surface area contributed by atoms with Crippen LogP contribution in [0, 0.1) is 0 Å². The summed E-state index contributed by atoms with van der Waals surface area (Å²) in [5.74, 6) is -0.223. The third kappa shape index (κ3) is 5.98. The van der Waals surface area contributed by atoms with Crippen molar-refractivity contribution in [3.8, 4) is 5.75 Å². The molecular formula is C20H24F2N2O4S. The molecule has 0 saturated heterocycles. The molecule has 29 heavy (non-hydrogen) atoms. The Morgan fingerprint density at radius 3 is 2.28 bits per heavy atom. The summed E-state index contributed by atoms with van der Waals surface area (Å²) in [6.45, 7) is 3.48. The summed E-state index contributed by atoms with van der Waals surface area (Å²) in [7, 11) is -3.88. The summed E-state index contributed by atoms with van der Waals surface area (Å²) in [5.41, 5.74) is 0.873. The molecule has 0 radical (unpaired) electrons. The van der Waals surface area contributed by atoms with Crippen LogP contribution in [-0.4, -0.2) is 38.9 Å². The van der Waals surface area contributed by atoms with Crippen LogP contribution < -0.4 is 9.46 Å². The molecule has 0 aromatic heterocycles. The van der Waals surface area contributed by atoms with Gasteiger partial charge in [0.05, 0.1) is 4.90 Å². The zero-order chi connectivity index (χ0) is 21.6. The minimum atomic E-state index is -3.88. The molecule has 2 rings (SSSR count). The van der Waals surface area contributed by atoms with Crippen LogP contribution in [0.2, 0.25) is 0 Å². The second-order valence-corrected chi connectivity index (χ2v) is 8.01. The van der Waals surface area contributed by atoms with Crippen LogP contribution in [0.25, 0.3) is 0 Å². The standard InChI is InChI=1S/C20H24F2N2O4S/c1-4-24(5-2)19(25)15-9-11-18(12-10-15)29(26,27)23-14(3)16-7-6-8-17(13-16)28-20(21)22/h6-14,20,23H,4-5H2,1-3H3. The first-order valence-electron chi connectivity index (χ1n) is 9.14. The second-order valence-electron chi connectivity index (χ2n) is 6.30. The van der Waals surface area contributed by atoms with Gasteiger partial charge in [0.2, 0.25) is 10.0 Å². The van der Waals surface area contributed by atoms with Crippen molar-refractivity contribution < 1.29 is 26.7 Å². The maximum absolute atomic E-state index is 12.6. The van der Waals surface area contributed by atoms with E-state index in [1.807, 2.05) is 13.8 Å². The topological polar surface area (TPSA) is 75.7 Å². The van der Waals surface area contributed by atoms with Crippen LogP contribution in [0.3, 0.4) is 0 Å². The number of benzene rings is 2. The van der Waals surface area contributed by atoms with E-state index in [9.17, 15) is 22.0 Å². The van der Waals surface area contributed by atoms with E-state index in [0.717, 1.165) is 0 Å². The van der Waals surface area contributed by atoms with E-state index in [2.05, 4.69) is 9.46 Å². The van der Waals surface area contributed by atoms with E-state index < -0.39 is 22.7 Å². The first-order chi connectivity index (χ1) is 13.7. The van der Waals surface area contributed by atoms with Crippen molar-refractivity contribution >= 4 is 15.9 Å². The third-order valence-electron chi connectivity index (χ3n) is 4.38. The van der Waals surface area contributed by atoms with Crippen molar-refractivity contribution in [2.75, 3.05) is 13.1 Å². The van der Waals surface area contributed by atoms with Crippen molar-refractivity contribution in [2.45, 2.75) is 38.3 Å². The smallest absolute Gasteiger partial charge is 0.387 e. The van der Waals surface area contributed by atoms with Gasteiger partial charge in [-0.25, -0.2) is 13.1 Å². The lowest BCUT2D eigenvalue weighted by Gasteiger charge is -2.19. The molecule has 0 aliphatic rings. The molecule has 0 aliphatic carbocycles. The number of carbonyl (C=O) groups excluding carboxylic acids is 1. The van der Waals surface area contributed by atoms with Crippen LogP contribution in [0.5, 0.6) is 5.75 Å². The van der Waals surface area contributed by atoms with Gasteiger partial charge in [0.15, 0.2) is 0 Å². The van der Waals surface area contributed by atoms with Crippen molar-refractivity contribution in [3.63, 3.8) is 0 Å². The Labute approximate surface area is 169 Å². The summed E-state index contributed by atoms with van der Waals surface area (Å²) >= 11 is 0. The number of alkyl halides is 2. The Morgan fingerprint density at radius 2 is 1.72 bits per heavy atom. The van der Waals surface area contributed by atoms with E-state index in [0.29, 0.717) is 24.2 Å². The molecule has 9 heteroatoms. The molecule has 0 saturated carbocycles. The molecule has 2 aromatic rings. The van der Waals surface area contributed by atoms with Gasteiger partial charge >= 0.3 is 6.61 Å². The molecule has 0 heterocycles. The molecular weight excluding hydrogens is 402 g/mol. The van der Waals surface area contributed by atoms with E-state index in [1.54, 1.807) is 17.9 Å². The van der Waals surface area contributed by atoms with Gasteiger partial charge in [-0.3, -0.25) is 4.79 Å². The molecule has 2 aromatic carbocycles. The van der Waals surface area contributed by atoms with Crippen molar-refractivity contribution in [2.24, 2.45) is 0 Å². The lowest BCUT2D eigenvalue weighted by molar-refractivity contribution is -0.0499. The number of nitrogens with zero attached hydrogens (tertiary/aromatic N) is 1. The Bertz CT molecular complexity index is 930. The van der Waals surface area contributed by atoms with Crippen molar-refractivity contribution in [1.29, 1.82) is 0 Å². The SMILES string of the molecule is CCN(CC)C(=O)c1ccc(S(=O)(=O)NC(C)c2cccc(OC(F)F)c2)cc1. The van der Waals surface area contributed by atoms with Crippen LogP contribution in [0.1, 0.15) is 42.7 Å². The van der Waals surface area contributed by atoms with Crippen molar-refractivity contribution in [3.05, 3.63) is 59.7 Å². The fourth-order valence-electron chi connectivity index (χ4n) is 2.80. The van der Waals surface area contributed by atoms with E-state index in [1.165, 1.54) is 42.5 Å². The quantitative estimate of drug-likeness (QED) is 0.662. The summed E-state index contributed by atoms with van der Waals surface area (Å²) < 4.78 is 56.9. The highest BCUT2D eigenvalue weighted by molar-refractivity contribution is 7.89. The van der Waals surface area contributed by atoms with Gasteiger partial charge in [-0.15, -0.1) is 0 Å². The molecule has 0 aliphatic heterocycles. The number of hydrogen-bond donors (Lipinski definition) is 1. The van der Waals surface area contributed by atoms with Gasteiger partial charge in [0.25, 0.3) is 5.91 Å². The Kier molecular flexibility index (Phi) is 7.69. The molecule has 0 fully saturated rings. The number of halogens is 2. The van der Waals surface area contributed by atoms with E-state index in [-0.39, 0.29) is 16.6 Å². The number of nitrogens with one attached hydrogen (secondary N) is 1. The van der Waals surface area contributed by atoms with Crippen LogP contribution >= 0.6 is 0 Å². The van der Waals surface area contributed by atoms with Gasteiger partial charge in [-0.2, -0.15) is 8.78 Å². The van der Waals surface area contributed by atoms with E-state index >= 15 is 0 Å². The number of hydrogen-bond acceptors (Lipinski definition) is 4. The summed E-state index contributed by atoms with van der Waals surface area (Å²) in [4.78, 5) is 14.0. The van der Waals surface area contributed by atoms with Crippen molar-refractivity contribution in [1.82, 2.24) is 9.62 Å². The highest BCUT2D eigenvalue weighted by atomic mass is 32.2. The zero-order valence-electron chi connectivity index (χ0n) is 16.4. The maximum Gasteiger partial charge on any atom is 0.387 e. The molecule has 1 atom stereocenters. The highest BCUT2D eigenvalue weighted by Gasteiger charge is 2.20. The lowest BCUT2D eigenvalue weighted by atomic mass is 10.1. The van der Waals surface area contributed by atoms with Gasteiger partial charge in [0, 0.05) is 24.7 Å². The number of sulfonamides is 1. The molecule has 1 amide bonds. The highest BCUT2D eigenvalue weighted by Crippen LogP contribution is 2.22. The fraction of sp³-hybridized carbons (Fsp3) is 0.350. The van der Waals surface area contributed by atoms with Gasteiger partial charge in [0.1, 0.15) is 5.75 Å². The molecule has 158 valence electrons. The Balaban J connectivity index is 2.16. The average Bonchev–Trinajstić information content (AvgIpc) is 2.68. The van der Waals surface area contributed by atoms with Gasteiger partial charge < -0.3 is 9.64 Å². The molecule has 1 N–H and O–H groups in total. The minimum absolute atomic E-state index is 0.000400. The fourth-order valence-corrected chi connectivity index (χ4v) is 4.03. The zero-order valence-corrected chi connectivity index (χ0v) is 17.2. The first-order valence-corrected chi connectivity index (χ1v) is 10.6. The predicted molar refractivity (Wildman–Crippen MR) is 106 cm³/mol.